The van der Waals surface area contributed by atoms with E-state index in [1.54, 1.807) is 0 Å². The summed E-state index contributed by atoms with van der Waals surface area (Å²) < 4.78 is 0. The smallest absolute Gasteiger partial charge is 0.237 e. The molecule has 2 aliphatic rings. The van der Waals surface area contributed by atoms with Crippen molar-refractivity contribution in [2.45, 2.75) is 25.3 Å². The third-order valence-electron chi connectivity index (χ3n) is 3.47. The van der Waals surface area contributed by atoms with E-state index in [4.69, 9.17) is 11.6 Å². The Bertz CT molecular complexity index is 243. The first-order valence-corrected chi connectivity index (χ1v) is 6.28. The van der Waals surface area contributed by atoms with Crippen molar-refractivity contribution in [2.24, 2.45) is 5.92 Å². The minimum absolute atomic E-state index is 0.0910. The molecule has 15 heavy (non-hydrogen) atoms. The lowest BCUT2D eigenvalue weighted by Gasteiger charge is -2.20. The summed E-state index contributed by atoms with van der Waals surface area (Å²) in [5, 5.41) is 0. The highest BCUT2D eigenvalue weighted by molar-refractivity contribution is 6.27. The molecule has 3 nitrogen and oxygen atoms in total. The van der Waals surface area contributed by atoms with Crippen molar-refractivity contribution in [2.75, 3.05) is 32.6 Å². The minimum Gasteiger partial charge on any atom is -0.341 e. The van der Waals surface area contributed by atoms with Crippen molar-refractivity contribution in [3.63, 3.8) is 0 Å². The number of nitrogens with zero attached hydrogens (tertiary/aromatic N) is 2. The molecule has 1 heterocycles. The molecule has 1 atom stereocenters. The summed E-state index contributed by atoms with van der Waals surface area (Å²) in [4.78, 5) is 15.7. The fourth-order valence-corrected chi connectivity index (χ4v) is 2.53. The van der Waals surface area contributed by atoms with Crippen LogP contribution in [-0.2, 0) is 4.79 Å². The molecule has 1 aliphatic heterocycles. The summed E-state index contributed by atoms with van der Waals surface area (Å²) in [7, 11) is 2.20. The van der Waals surface area contributed by atoms with Gasteiger partial charge in [0.1, 0.15) is 5.88 Å². The predicted molar refractivity (Wildman–Crippen MR) is 61.1 cm³/mol. The zero-order valence-corrected chi connectivity index (χ0v) is 10.0. The van der Waals surface area contributed by atoms with Crippen LogP contribution in [0.2, 0.25) is 0 Å². The predicted octanol–water partition coefficient (Wildman–Crippen LogP) is 1.17. The topological polar surface area (TPSA) is 23.6 Å². The zero-order chi connectivity index (χ0) is 10.8. The average Bonchev–Trinajstić information content (AvgIpc) is 2.99. The van der Waals surface area contributed by atoms with E-state index in [9.17, 15) is 4.79 Å². The summed E-state index contributed by atoms with van der Waals surface area (Å²) in [5.41, 5.74) is 0. The zero-order valence-electron chi connectivity index (χ0n) is 9.29. The number of rotatable bonds is 4. The van der Waals surface area contributed by atoms with Gasteiger partial charge < -0.3 is 9.80 Å². The Morgan fingerprint density at radius 3 is 2.80 bits per heavy atom. The fourth-order valence-electron chi connectivity index (χ4n) is 2.36. The Balaban J connectivity index is 1.74. The molecule has 2 fully saturated rings. The van der Waals surface area contributed by atoms with Crippen LogP contribution in [0.25, 0.3) is 0 Å². The summed E-state index contributed by atoms with van der Waals surface area (Å²) in [6.45, 7) is 2.94. The standard InChI is InChI=1S/C11H19ClN2O/c1-13(10-2-3-10)7-9-4-5-14(8-9)11(15)6-12/h9-10H,2-8H2,1H3/t9-/m0/s1. The Hall–Kier alpha value is -0.280. The van der Waals surface area contributed by atoms with Crippen molar-refractivity contribution in [1.29, 1.82) is 0 Å². The third kappa shape index (κ3) is 2.85. The molecule has 0 aromatic carbocycles. The molecule has 0 aromatic heterocycles. The van der Waals surface area contributed by atoms with Gasteiger partial charge in [-0.1, -0.05) is 0 Å². The molecule has 1 amide bonds. The molecule has 2 rings (SSSR count). The van der Waals surface area contributed by atoms with Crippen molar-refractivity contribution in [3.05, 3.63) is 0 Å². The van der Waals surface area contributed by atoms with Gasteiger partial charge in [0, 0.05) is 25.7 Å². The molecule has 0 N–H and O–H groups in total. The van der Waals surface area contributed by atoms with Gasteiger partial charge in [0.2, 0.25) is 5.91 Å². The Labute approximate surface area is 96.4 Å². The maximum atomic E-state index is 11.4. The minimum atomic E-state index is 0.0910. The van der Waals surface area contributed by atoms with E-state index in [2.05, 4.69) is 11.9 Å². The second-order valence-corrected chi connectivity index (χ2v) is 5.07. The third-order valence-corrected chi connectivity index (χ3v) is 3.70. The number of carbonyl (C=O) groups is 1. The highest BCUT2D eigenvalue weighted by Gasteiger charge is 2.31. The molecule has 0 bridgehead atoms. The molecular formula is C11H19ClN2O. The van der Waals surface area contributed by atoms with Crippen molar-refractivity contribution in [1.82, 2.24) is 9.80 Å². The van der Waals surface area contributed by atoms with E-state index in [1.165, 1.54) is 12.8 Å². The highest BCUT2D eigenvalue weighted by atomic mass is 35.5. The number of alkyl halides is 1. The fraction of sp³-hybridized carbons (Fsp3) is 0.909. The van der Waals surface area contributed by atoms with Gasteiger partial charge in [-0.25, -0.2) is 0 Å². The van der Waals surface area contributed by atoms with Crippen LogP contribution in [0.15, 0.2) is 0 Å². The second-order valence-electron chi connectivity index (χ2n) is 4.80. The number of hydrogen-bond acceptors (Lipinski definition) is 2. The number of halogens is 1. The molecule has 1 saturated carbocycles. The van der Waals surface area contributed by atoms with Gasteiger partial charge in [0.15, 0.2) is 0 Å². The maximum Gasteiger partial charge on any atom is 0.237 e. The van der Waals surface area contributed by atoms with Crippen LogP contribution in [0, 0.1) is 5.92 Å². The first kappa shape index (κ1) is 11.2. The van der Waals surface area contributed by atoms with E-state index >= 15 is 0 Å². The van der Waals surface area contributed by atoms with Gasteiger partial charge in [-0.15, -0.1) is 11.6 Å². The highest BCUT2D eigenvalue weighted by Crippen LogP contribution is 2.27. The van der Waals surface area contributed by atoms with Gasteiger partial charge in [-0.2, -0.15) is 0 Å². The molecule has 86 valence electrons. The van der Waals surface area contributed by atoms with Crippen LogP contribution < -0.4 is 0 Å². The van der Waals surface area contributed by atoms with Crippen molar-refractivity contribution >= 4 is 17.5 Å². The van der Waals surface area contributed by atoms with E-state index < -0.39 is 0 Å². The Morgan fingerprint density at radius 1 is 1.47 bits per heavy atom. The van der Waals surface area contributed by atoms with E-state index in [1.807, 2.05) is 4.90 Å². The molecule has 1 aliphatic carbocycles. The lowest BCUT2D eigenvalue weighted by Crippen LogP contribution is -2.32. The summed E-state index contributed by atoms with van der Waals surface area (Å²) in [6.07, 6.45) is 3.85. The largest absolute Gasteiger partial charge is 0.341 e. The first-order valence-electron chi connectivity index (χ1n) is 5.74. The lowest BCUT2D eigenvalue weighted by atomic mass is 10.1. The van der Waals surface area contributed by atoms with Gasteiger partial charge >= 0.3 is 0 Å². The van der Waals surface area contributed by atoms with E-state index in [0.29, 0.717) is 5.92 Å². The van der Waals surface area contributed by atoms with Crippen LogP contribution in [-0.4, -0.2) is 54.3 Å². The van der Waals surface area contributed by atoms with Crippen LogP contribution in [0.1, 0.15) is 19.3 Å². The first-order chi connectivity index (χ1) is 7.20. The number of hydrogen-bond donors (Lipinski definition) is 0. The summed E-state index contributed by atoms with van der Waals surface area (Å²) >= 11 is 5.54. The molecule has 0 unspecified atom stereocenters. The van der Waals surface area contributed by atoms with Crippen LogP contribution >= 0.6 is 11.6 Å². The molecule has 4 heteroatoms. The summed E-state index contributed by atoms with van der Waals surface area (Å²) in [5.74, 6) is 0.876. The number of likely N-dealkylation sites (tertiary alicyclic amines) is 1. The molecule has 0 radical (unpaired) electrons. The Morgan fingerprint density at radius 2 is 2.20 bits per heavy atom. The van der Waals surface area contributed by atoms with Gasteiger partial charge in [0.25, 0.3) is 0 Å². The average molecular weight is 231 g/mol. The van der Waals surface area contributed by atoms with Gasteiger partial charge in [0.05, 0.1) is 0 Å². The maximum absolute atomic E-state index is 11.4. The normalized spacial score (nSPS) is 26.3. The van der Waals surface area contributed by atoms with Crippen molar-refractivity contribution < 1.29 is 4.79 Å². The SMILES string of the molecule is CN(C[C@@H]1CCN(C(=O)CCl)C1)C1CC1. The Kier molecular flexibility index (Phi) is 3.52. The van der Waals surface area contributed by atoms with E-state index in [0.717, 1.165) is 32.1 Å². The number of amides is 1. The van der Waals surface area contributed by atoms with E-state index in [-0.39, 0.29) is 11.8 Å². The number of carbonyl (C=O) groups excluding carboxylic acids is 1. The molecular weight excluding hydrogens is 212 g/mol. The molecule has 0 aromatic rings. The lowest BCUT2D eigenvalue weighted by molar-refractivity contribution is -0.127. The second kappa shape index (κ2) is 4.71. The quantitative estimate of drug-likeness (QED) is 0.677. The van der Waals surface area contributed by atoms with Crippen LogP contribution in [0.3, 0.4) is 0 Å². The van der Waals surface area contributed by atoms with Crippen LogP contribution in [0.4, 0.5) is 0 Å². The molecule has 0 spiro atoms. The van der Waals surface area contributed by atoms with Crippen molar-refractivity contribution in [3.8, 4) is 0 Å². The van der Waals surface area contributed by atoms with Gasteiger partial charge in [-0.05, 0) is 32.2 Å². The monoisotopic (exact) mass is 230 g/mol. The van der Waals surface area contributed by atoms with Crippen LogP contribution in [0.5, 0.6) is 0 Å². The molecule has 1 saturated heterocycles. The van der Waals surface area contributed by atoms with Gasteiger partial charge in [-0.3, -0.25) is 4.79 Å². The summed E-state index contributed by atoms with van der Waals surface area (Å²) in [6, 6.07) is 0.822.